The molecule has 1 heterocycles. The van der Waals surface area contributed by atoms with Crippen molar-refractivity contribution in [3.05, 3.63) is 0 Å². The van der Waals surface area contributed by atoms with E-state index in [4.69, 9.17) is 0 Å². The van der Waals surface area contributed by atoms with E-state index in [1.165, 1.54) is 50.0 Å². The van der Waals surface area contributed by atoms with Gasteiger partial charge in [0.25, 0.3) is 0 Å². The molecule has 0 aliphatic carbocycles. The number of hydrogen-bond donors (Lipinski definition) is 2. The molecule has 0 aromatic heterocycles. The summed E-state index contributed by atoms with van der Waals surface area (Å²) >= 11 is 4.23. The number of hydroxylamine groups is 2. The number of unbranched alkanes of at least 4 members (excludes halogenated alkanes) is 8. The van der Waals surface area contributed by atoms with Gasteiger partial charge in [-0.05, 0) is 59.1 Å². The second kappa shape index (κ2) is 11.6. The van der Waals surface area contributed by atoms with Crippen molar-refractivity contribution >= 4 is 18.5 Å². The summed E-state index contributed by atoms with van der Waals surface area (Å²) < 4.78 is 0. The Hall–Kier alpha value is -0.260. The summed E-state index contributed by atoms with van der Waals surface area (Å²) in [5, 5.41) is 16.8. The molecule has 0 saturated carbocycles. The van der Waals surface area contributed by atoms with Crippen LogP contribution >= 0.6 is 12.6 Å². The molecule has 4 nitrogen and oxygen atoms in total. The lowest BCUT2D eigenvalue weighted by Crippen LogP contribution is -2.62. The summed E-state index contributed by atoms with van der Waals surface area (Å²) in [6.45, 7) is 7.88. The van der Waals surface area contributed by atoms with Crippen LogP contribution in [0.3, 0.4) is 0 Å². The van der Waals surface area contributed by atoms with E-state index in [1.54, 1.807) is 0 Å². The van der Waals surface area contributed by atoms with Gasteiger partial charge in [0.05, 0.1) is 0 Å². The van der Waals surface area contributed by atoms with Crippen LogP contribution < -0.4 is 5.32 Å². The molecule has 1 saturated heterocycles. The average molecular weight is 386 g/mol. The van der Waals surface area contributed by atoms with Crippen molar-refractivity contribution in [1.82, 2.24) is 10.4 Å². The highest BCUT2D eigenvalue weighted by atomic mass is 32.1. The summed E-state index contributed by atoms with van der Waals surface area (Å²) in [6.07, 6.45) is 13.2. The smallest absolute Gasteiger partial charge is 0.220 e. The maximum atomic E-state index is 12.4. The first kappa shape index (κ1) is 23.8. The third-order valence-electron chi connectivity index (χ3n) is 5.52. The van der Waals surface area contributed by atoms with Crippen LogP contribution in [-0.2, 0) is 10.0 Å². The lowest BCUT2D eigenvalue weighted by atomic mass is 9.79. The number of carbonyl (C=O) groups excluding carboxylic acids is 1. The first-order valence-electron chi connectivity index (χ1n) is 10.6. The van der Waals surface area contributed by atoms with Gasteiger partial charge in [0.2, 0.25) is 5.91 Å². The number of piperidine rings is 1. The van der Waals surface area contributed by atoms with E-state index in [9.17, 15) is 10.0 Å². The van der Waals surface area contributed by atoms with E-state index in [1.807, 2.05) is 27.7 Å². The van der Waals surface area contributed by atoms with E-state index in [2.05, 4.69) is 17.9 Å². The van der Waals surface area contributed by atoms with E-state index in [0.29, 0.717) is 6.42 Å². The van der Waals surface area contributed by atoms with Crippen molar-refractivity contribution in [3.63, 3.8) is 0 Å². The average Bonchev–Trinajstić information content (AvgIpc) is 2.53. The fraction of sp³-hybridized carbons (Fsp3) is 0.952. The topological polar surface area (TPSA) is 52.2 Å². The third kappa shape index (κ3) is 8.62. The zero-order chi connectivity index (χ0) is 19.6. The van der Waals surface area contributed by atoms with Crippen molar-refractivity contribution in [1.29, 1.82) is 0 Å². The van der Waals surface area contributed by atoms with Crippen molar-refractivity contribution < 1.29 is 10.0 Å². The van der Waals surface area contributed by atoms with Crippen LogP contribution in [0.5, 0.6) is 0 Å². The van der Waals surface area contributed by atoms with Crippen LogP contribution in [0, 0.1) is 0 Å². The zero-order valence-corrected chi connectivity index (χ0v) is 18.4. The predicted molar refractivity (Wildman–Crippen MR) is 112 cm³/mol. The largest absolute Gasteiger partial charge is 0.353 e. The van der Waals surface area contributed by atoms with Gasteiger partial charge in [-0.2, -0.15) is 12.6 Å². The summed E-state index contributed by atoms with van der Waals surface area (Å²) in [5.41, 5.74) is -0.848. The Morgan fingerprint density at radius 1 is 0.885 bits per heavy atom. The molecule has 0 bridgehead atoms. The molecule has 0 spiro atoms. The molecule has 0 atom stereocenters. The number of carbonyl (C=O) groups is 1. The Morgan fingerprint density at radius 3 is 1.77 bits per heavy atom. The van der Waals surface area contributed by atoms with E-state index in [0.717, 1.165) is 31.4 Å². The quantitative estimate of drug-likeness (QED) is 0.354. The second-order valence-electron chi connectivity index (χ2n) is 9.25. The maximum Gasteiger partial charge on any atom is 0.220 e. The lowest BCUT2D eigenvalue weighted by molar-refractivity contribution is -0.290. The molecule has 26 heavy (non-hydrogen) atoms. The summed E-state index contributed by atoms with van der Waals surface area (Å²) in [6, 6.07) is 0.106. The normalized spacial score (nSPS) is 20.2. The second-order valence-corrected chi connectivity index (χ2v) is 9.69. The van der Waals surface area contributed by atoms with Crippen LogP contribution in [0.25, 0.3) is 0 Å². The fourth-order valence-electron chi connectivity index (χ4n) is 4.30. The van der Waals surface area contributed by atoms with Gasteiger partial charge < -0.3 is 5.32 Å². The molecule has 1 aliphatic rings. The van der Waals surface area contributed by atoms with Crippen LogP contribution in [0.4, 0.5) is 0 Å². The number of rotatable bonds is 12. The predicted octanol–water partition coefficient (Wildman–Crippen LogP) is 5.30. The van der Waals surface area contributed by atoms with Crippen molar-refractivity contribution in [2.75, 3.05) is 5.75 Å². The lowest BCUT2D eigenvalue weighted by Gasteiger charge is -2.50. The number of amides is 1. The van der Waals surface area contributed by atoms with Gasteiger partial charge in [-0.25, -0.2) is 0 Å². The minimum Gasteiger partial charge on any atom is -0.353 e. The van der Waals surface area contributed by atoms with Gasteiger partial charge in [0, 0.05) is 23.5 Å². The molecule has 1 fully saturated rings. The third-order valence-corrected chi connectivity index (χ3v) is 5.83. The van der Waals surface area contributed by atoms with Crippen LogP contribution in [0.2, 0.25) is 0 Å². The van der Waals surface area contributed by atoms with E-state index in [-0.39, 0.29) is 11.9 Å². The highest BCUT2D eigenvalue weighted by Crippen LogP contribution is 2.37. The molecule has 1 radical (unpaired) electrons. The van der Waals surface area contributed by atoms with Gasteiger partial charge in [0.15, 0.2) is 0 Å². The Labute approximate surface area is 166 Å². The highest BCUT2D eigenvalue weighted by Gasteiger charge is 2.46. The molecule has 1 rings (SSSR count). The van der Waals surface area contributed by atoms with Crippen LogP contribution in [0.15, 0.2) is 0 Å². The highest BCUT2D eigenvalue weighted by molar-refractivity contribution is 7.80. The molecule has 153 valence electrons. The van der Waals surface area contributed by atoms with Crippen molar-refractivity contribution in [2.45, 2.75) is 122 Å². The first-order valence-corrected chi connectivity index (χ1v) is 11.2. The zero-order valence-electron chi connectivity index (χ0n) is 17.5. The molecule has 1 N–H and O–H groups in total. The number of nitrogens with zero attached hydrogens (tertiary/aromatic N) is 1. The molecular formula is C21H41N2O2S. The van der Waals surface area contributed by atoms with Crippen LogP contribution in [0.1, 0.15) is 105 Å². The van der Waals surface area contributed by atoms with Gasteiger partial charge in [0.1, 0.15) is 0 Å². The summed E-state index contributed by atoms with van der Waals surface area (Å²) in [5.74, 6) is 1.15. The molecule has 5 heteroatoms. The molecular weight excluding hydrogens is 344 g/mol. The van der Waals surface area contributed by atoms with Gasteiger partial charge in [-0.1, -0.05) is 44.9 Å². The minimum atomic E-state index is -0.424. The molecule has 1 amide bonds. The first-order chi connectivity index (χ1) is 12.2. The summed E-state index contributed by atoms with van der Waals surface area (Å²) in [4.78, 5) is 12.2. The molecule has 1 aliphatic heterocycles. The van der Waals surface area contributed by atoms with E-state index >= 15 is 0 Å². The SMILES string of the molecule is CC1(C)CC(NC(=O)CCCCCCCCCCCS)CC(C)(C)N1[O]. The number of hydrogen-bond acceptors (Lipinski definition) is 3. The van der Waals surface area contributed by atoms with Gasteiger partial charge in [-0.15, -0.1) is 10.3 Å². The number of nitrogens with one attached hydrogen (secondary N) is 1. The molecule has 0 unspecified atom stereocenters. The Bertz CT molecular complexity index is 395. The van der Waals surface area contributed by atoms with Gasteiger partial charge >= 0.3 is 0 Å². The Morgan fingerprint density at radius 2 is 1.31 bits per heavy atom. The monoisotopic (exact) mass is 385 g/mol. The minimum absolute atomic E-state index is 0.106. The summed E-state index contributed by atoms with van der Waals surface area (Å²) in [7, 11) is 0. The Balaban J connectivity index is 2.12. The van der Waals surface area contributed by atoms with Gasteiger partial charge in [-0.3, -0.25) is 4.79 Å². The fourth-order valence-corrected chi connectivity index (χ4v) is 4.52. The maximum absolute atomic E-state index is 12.4. The molecule has 0 aromatic carbocycles. The van der Waals surface area contributed by atoms with E-state index < -0.39 is 11.1 Å². The Kier molecular flexibility index (Phi) is 10.6. The molecule has 0 aromatic rings. The van der Waals surface area contributed by atoms with Crippen molar-refractivity contribution in [2.24, 2.45) is 0 Å². The van der Waals surface area contributed by atoms with Crippen LogP contribution in [-0.4, -0.2) is 33.8 Å². The standard InChI is InChI=1S/C21H41N2O2S/c1-20(2)16-18(17-21(3,4)23(20)25)22-19(24)14-12-10-8-6-5-7-9-11-13-15-26/h18,26H,5-17H2,1-4H3,(H,22,24). The number of thiol groups is 1. The van der Waals surface area contributed by atoms with Crippen molar-refractivity contribution in [3.8, 4) is 0 Å².